The van der Waals surface area contributed by atoms with Crippen LogP contribution < -0.4 is 54.5 Å². The van der Waals surface area contributed by atoms with Crippen LogP contribution in [0.5, 0.6) is 11.5 Å². The molecule has 138 heavy (non-hydrogen) atoms. The van der Waals surface area contributed by atoms with Gasteiger partial charge in [-0.15, -0.1) is 0 Å². The van der Waals surface area contributed by atoms with Crippen LogP contribution in [0.3, 0.4) is 0 Å². The van der Waals surface area contributed by atoms with Gasteiger partial charge in [0.2, 0.25) is 11.9 Å². The molecular weight excluding hydrogens is 1770 g/mol. The van der Waals surface area contributed by atoms with Crippen LogP contribution >= 0.6 is 11.6 Å². The van der Waals surface area contributed by atoms with Crippen molar-refractivity contribution in [2.45, 2.75) is 25.9 Å². The van der Waals surface area contributed by atoms with Crippen molar-refractivity contribution in [1.82, 2.24) is 74.8 Å². The summed E-state index contributed by atoms with van der Waals surface area (Å²) in [4.78, 5) is 66.6. The van der Waals surface area contributed by atoms with Crippen molar-refractivity contribution in [2.24, 2.45) is 5.92 Å². The summed E-state index contributed by atoms with van der Waals surface area (Å²) < 4.78 is 80.8. The van der Waals surface area contributed by atoms with Crippen molar-refractivity contribution in [3.05, 3.63) is 333 Å². The molecule has 32 heteroatoms. The molecule has 0 unspecified atom stereocenters. The molecule has 10 aromatic carbocycles. The number of hydrogen-bond acceptors (Lipinski definition) is 26. The quantitative estimate of drug-likeness (QED) is 0.0442. The van der Waals surface area contributed by atoms with E-state index in [4.69, 9.17) is 70.9 Å². The second-order valence-electron chi connectivity index (χ2n) is 32.3. The smallest absolute Gasteiger partial charge is 0.422 e. The van der Waals surface area contributed by atoms with Crippen LogP contribution in [-0.4, -0.2) is 120 Å². The molecular formula is C106H85ClF5N23O3. The molecule has 1 saturated heterocycles. The van der Waals surface area contributed by atoms with Crippen LogP contribution in [0.2, 0.25) is 5.02 Å². The maximum atomic E-state index is 13.6. The summed E-state index contributed by atoms with van der Waals surface area (Å²) in [6, 6.07) is 81.0. The van der Waals surface area contributed by atoms with Gasteiger partial charge in [0.05, 0.1) is 80.9 Å². The zero-order valence-electron chi connectivity index (χ0n) is 73.9. The fourth-order valence-corrected chi connectivity index (χ4v) is 16.2. The Hall–Kier alpha value is -17.5. The number of nitrogens with zero attached hydrogens (tertiary/aromatic N) is 16. The average Bonchev–Trinajstić information content (AvgIpc) is 1.41. The van der Waals surface area contributed by atoms with Gasteiger partial charge in [-0.2, -0.15) is 23.1 Å². The minimum absolute atomic E-state index is 0.0471. The van der Waals surface area contributed by atoms with E-state index in [9.17, 15) is 22.0 Å². The molecule has 1 saturated carbocycles. The lowest BCUT2D eigenvalue weighted by molar-refractivity contribution is -0.153. The Labute approximate surface area is 792 Å². The molecule has 0 atom stereocenters. The molecule has 2 aliphatic rings. The average molecular weight is 1860 g/mol. The number of fused-ring (bicyclic) bond motifs is 5. The predicted octanol–water partition coefficient (Wildman–Crippen LogP) is 21.7. The molecule has 0 amide bonds. The molecule has 1 aliphatic heterocycles. The van der Waals surface area contributed by atoms with Gasteiger partial charge in [0.25, 0.3) is 0 Å². The van der Waals surface area contributed by atoms with E-state index in [-0.39, 0.29) is 28.5 Å². The van der Waals surface area contributed by atoms with Gasteiger partial charge in [0.15, 0.2) is 6.61 Å². The number of benzene rings is 10. The summed E-state index contributed by atoms with van der Waals surface area (Å²) in [6.45, 7) is 4.52. The van der Waals surface area contributed by atoms with E-state index in [1.54, 1.807) is 68.0 Å². The number of hydrogen-bond donors (Lipinski definition) is 7. The van der Waals surface area contributed by atoms with Gasteiger partial charge in [-0.3, -0.25) is 24.9 Å². The van der Waals surface area contributed by atoms with Crippen LogP contribution in [0.4, 0.5) is 68.6 Å². The summed E-state index contributed by atoms with van der Waals surface area (Å²) in [6.07, 6.45) is 11.2. The number of halogens is 6. The topological polar surface area (TPSA) is 406 Å². The Morgan fingerprint density at radius 2 is 0.717 bits per heavy atom. The molecule has 0 bridgehead atoms. The monoisotopic (exact) mass is 1860 g/mol. The van der Waals surface area contributed by atoms with Gasteiger partial charge < -0.3 is 59.2 Å². The number of alkyl halides is 3. The van der Waals surface area contributed by atoms with Crippen molar-refractivity contribution in [3.8, 4) is 123 Å². The standard InChI is InChI=1S/C23H21N5O.C23H20N4O.C21H15F3N4O.C20H16FN5.C19H13ClFN5/c24-23-20-14-16(6-7-21(20)26-15-27-23)19-5-2-8-25-22(19)17-3-1-4-18(13-17)28-9-11-29-12-10-28;24-23-20-12-16(8-9-21(20)26-14-27-23)19-5-2-10-25-22(19)17-3-1-4-18(11-17)28-13-15-6-7-15;22-21(23,24)11-29-15-4-1-3-14(9-15)19-16(5-2-8-26-19)13-6-7-18-17(10-13)20(25)28-12-27-18;1-11-9-13(5-7-16(11)21)18-14(3-2-8-24-18)12-4-6-15-17(10-12)25-20(23)26-19(15)22;20-14-8-11(4-6-15(14)21)17-12(2-1-7-24-17)10-3-5-13-16(9-10)25-19(23)26-18(13)22/h1-8,13-15H,9-12H2,(H2,24,26,27);1-5,8-12,14-15H,6-7,13H2,(H2,24,26,27);1-10,12H,11H2,(H2,25,27,28);2-10H,1H3,(H4,22,23,25,26);1-9H,(H4,22,23,25,26). The maximum absolute atomic E-state index is 13.6. The Bertz CT molecular complexity index is 7760. The maximum Gasteiger partial charge on any atom is 0.422 e. The molecule has 26 nitrogen and oxygen atoms in total. The molecule has 22 rings (SSSR count). The predicted molar refractivity (Wildman–Crippen MR) is 534 cm³/mol. The number of nitrogens with two attached hydrogens (primary N) is 7. The molecule has 0 spiro atoms. The Morgan fingerprint density at radius 1 is 0.348 bits per heavy atom. The minimum atomic E-state index is -4.40. The van der Waals surface area contributed by atoms with Crippen molar-refractivity contribution < 1.29 is 36.2 Å². The highest BCUT2D eigenvalue weighted by Crippen LogP contribution is 2.42. The summed E-state index contributed by atoms with van der Waals surface area (Å²) in [5, 5.41) is 3.91. The molecule has 2 fully saturated rings. The van der Waals surface area contributed by atoms with E-state index in [1.807, 2.05) is 152 Å². The Kier molecular flexibility index (Phi) is 26.8. The highest BCUT2D eigenvalue weighted by atomic mass is 35.5. The number of rotatable bonds is 16. The SMILES string of the molecule is Cc1cc(-c2ncccc2-c2ccc3c(N)nc(N)nc3c2)ccc1F.Nc1nc(N)c2ccc(-c3cccnc3-c3ccc(F)c(Cl)c3)cc2n1.Nc1ncnc2ccc(-c3cccnc3-c3cccc(N4CCOCC4)c3)cc12.Nc1ncnc2ccc(-c3cccnc3-c3cccc(OCC(F)(F)F)c3)cc12.Nc1ncnc2ccc(-c3cccnc3-c3cccc(OCC4CC4)c3)cc12. The third-order valence-electron chi connectivity index (χ3n) is 23.0. The number of ether oxygens (including phenoxy) is 3. The lowest BCUT2D eigenvalue weighted by Gasteiger charge is -2.29. The Balaban J connectivity index is 0.000000115. The van der Waals surface area contributed by atoms with Crippen LogP contribution in [0.15, 0.2) is 311 Å². The van der Waals surface area contributed by atoms with Gasteiger partial charge in [0.1, 0.15) is 71.2 Å². The normalized spacial score (nSPS) is 12.3. The highest BCUT2D eigenvalue weighted by molar-refractivity contribution is 6.31. The van der Waals surface area contributed by atoms with Crippen molar-refractivity contribution >= 4 is 113 Å². The Morgan fingerprint density at radius 3 is 1.12 bits per heavy atom. The van der Waals surface area contributed by atoms with Gasteiger partial charge >= 0.3 is 6.18 Å². The van der Waals surface area contributed by atoms with E-state index < -0.39 is 18.6 Å². The summed E-state index contributed by atoms with van der Waals surface area (Å²) >= 11 is 5.93. The first-order chi connectivity index (χ1) is 67.0. The number of aryl methyl sites for hydroxylation is 1. The van der Waals surface area contributed by atoms with Crippen LogP contribution in [0.1, 0.15) is 18.4 Å². The van der Waals surface area contributed by atoms with E-state index in [0.29, 0.717) is 79.1 Å². The first-order valence-corrected chi connectivity index (χ1v) is 44.0. The lowest BCUT2D eigenvalue weighted by atomic mass is 9.97. The molecule has 11 heterocycles. The largest absolute Gasteiger partial charge is 0.493 e. The number of pyridine rings is 5. The minimum Gasteiger partial charge on any atom is -0.493 e. The summed E-state index contributed by atoms with van der Waals surface area (Å²) in [7, 11) is 0. The molecule has 14 N–H and O–H groups in total. The zero-order valence-corrected chi connectivity index (χ0v) is 74.6. The zero-order chi connectivity index (χ0) is 95.5. The second kappa shape index (κ2) is 40.6. The highest BCUT2D eigenvalue weighted by Gasteiger charge is 2.29. The number of anilines is 8. The molecule has 10 aromatic heterocycles. The third kappa shape index (κ3) is 21.1. The van der Waals surface area contributed by atoms with E-state index in [1.165, 1.54) is 61.8 Å². The first-order valence-electron chi connectivity index (χ1n) is 43.6. The van der Waals surface area contributed by atoms with Gasteiger partial charge in [-0.05, 0) is 223 Å². The van der Waals surface area contributed by atoms with E-state index in [2.05, 4.69) is 129 Å². The lowest BCUT2D eigenvalue weighted by Crippen LogP contribution is -2.36. The fraction of sp³-hybridized carbons (Fsp3) is 0.104. The second-order valence-corrected chi connectivity index (χ2v) is 32.7. The number of morpholine rings is 1. The molecule has 0 radical (unpaired) electrons. The van der Waals surface area contributed by atoms with Gasteiger partial charge in [0, 0.05) is 132 Å². The summed E-state index contributed by atoms with van der Waals surface area (Å²) in [5.41, 5.74) is 64.4. The number of aromatic nitrogens is 15. The number of nitrogen functional groups attached to an aromatic ring is 7. The summed E-state index contributed by atoms with van der Waals surface area (Å²) in [5.74, 6) is 3.27. The molecule has 20 aromatic rings. The van der Waals surface area contributed by atoms with Crippen molar-refractivity contribution in [2.75, 3.05) is 84.6 Å². The fourth-order valence-electron chi connectivity index (χ4n) is 16.0. The van der Waals surface area contributed by atoms with E-state index >= 15 is 0 Å². The van der Waals surface area contributed by atoms with Gasteiger partial charge in [-0.25, -0.2) is 48.7 Å². The van der Waals surface area contributed by atoms with Crippen molar-refractivity contribution in [3.63, 3.8) is 0 Å². The molecule has 1 aliphatic carbocycles. The third-order valence-corrected chi connectivity index (χ3v) is 23.3. The van der Waals surface area contributed by atoms with Crippen LogP contribution in [-0.2, 0) is 4.74 Å². The first kappa shape index (κ1) is 91.1. The van der Waals surface area contributed by atoms with Crippen LogP contribution in [0, 0.1) is 24.5 Å². The van der Waals surface area contributed by atoms with E-state index in [0.717, 1.165) is 167 Å². The van der Waals surface area contributed by atoms with Crippen LogP contribution in [0.25, 0.3) is 166 Å². The molecule has 684 valence electrons. The van der Waals surface area contributed by atoms with Gasteiger partial charge in [-0.1, -0.05) is 109 Å². The van der Waals surface area contributed by atoms with Crippen molar-refractivity contribution in [1.29, 1.82) is 0 Å².